The molecule has 0 atom stereocenters. The number of aromatic amines is 1. The quantitative estimate of drug-likeness (QED) is 0.835. The fraction of sp³-hybridized carbons (Fsp3) is 0.273. The number of para-hydroxylation sites is 1. The van der Waals surface area contributed by atoms with Gasteiger partial charge in [-0.05, 0) is 12.1 Å². The van der Waals surface area contributed by atoms with Crippen LogP contribution in [0.4, 0.5) is 26.3 Å². The van der Waals surface area contributed by atoms with Gasteiger partial charge in [0.1, 0.15) is 11.3 Å². The number of nitrogens with zero attached hydrogens (tertiary/aromatic N) is 1. The molecule has 0 saturated heterocycles. The van der Waals surface area contributed by atoms with E-state index in [2.05, 4.69) is 4.98 Å². The van der Waals surface area contributed by atoms with Crippen molar-refractivity contribution in [3.8, 4) is 0 Å². The lowest BCUT2D eigenvalue weighted by atomic mass is 10.1. The van der Waals surface area contributed by atoms with Crippen LogP contribution in [0, 0.1) is 0 Å². The number of carboxylic acids is 1. The number of hydrogen-bond donors (Lipinski definition) is 2. The van der Waals surface area contributed by atoms with Crippen molar-refractivity contribution in [2.75, 3.05) is 0 Å². The Morgan fingerprint density at radius 1 is 1.14 bits per heavy atom. The molecular formula is C11H6F6N2O2. The first kappa shape index (κ1) is 15.1. The molecular weight excluding hydrogens is 306 g/mol. The molecule has 1 heterocycles. The minimum Gasteiger partial charge on any atom is -0.478 e. The summed E-state index contributed by atoms with van der Waals surface area (Å²) in [5.74, 6) is -6.70. The number of fused-ring (bicyclic) bond motifs is 1. The minimum atomic E-state index is -5.60. The molecule has 10 heteroatoms. The van der Waals surface area contributed by atoms with Crippen molar-refractivity contribution in [1.29, 1.82) is 0 Å². The highest BCUT2D eigenvalue weighted by molar-refractivity contribution is 6.00. The van der Waals surface area contributed by atoms with Gasteiger partial charge in [-0.15, -0.1) is 0 Å². The van der Waals surface area contributed by atoms with Crippen molar-refractivity contribution >= 4 is 17.0 Å². The predicted molar refractivity (Wildman–Crippen MR) is 57.9 cm³/mol. The summed E-state index contributed by atoms with van der Waals surface area (Å²) in [6, 6.07) is 3.36. The lowest BCUT2D eigenvalue weighted by Gasteiger charge is -2.20. The number of alkyl halides is 6. The summed E-state index contributed by atoms with van der Waals surface area (Å²) in [5.41, 5.74) is -1.17. The van der Waals surface area contributed by atoms with E-state index >= 15 is 0 Å². The minimum absolute atomic E-state index is 0.219. The number of aromatic carboxylic acids is 1. The highest BCUT2D eigenvalue weighted by Gasteiger charge is 2.59. The van der Waals surface area contributed by atoms with Gasteiger partial charge in [-0.2, -0.15) is 26.3 Å². The molecule has 0 radical (unpaired) electrons. The van der Waals surface area contributed by atoms with Gasteiger partial charge in [0.25, 0.3) is 0 Å². The van der Waals surface area contributed by atoms with E-state index < -0.39 is 41.1 Å². The van der Waals surface area contributed by atoms with E-state index in [-0.39, 0.29) is 5.52 Å². The van der Waals surface area contributed by atoms with E-state index in [1.807, 2.05) is 4.98 Å². The third-order valence-corrected chi connectivity index (χ3v) is 2.69. The lowest BCUT2D eigenvalue weighted by Crippen LogP contribution is -2.34. The largest absolute Gasteiger partial charge is 0.478 e. The molecule has 21 heavy (non-hydrogen) atoms. The number of H-pyrrole nitrogens is 1. The van der Waals surface area contributed by atoms with Crippen molar-refractivity contribution in [3.05, 3.63) is 29.6 Å². The summed E-state index contributed by atoms with van der Waals surface area (Å²) in [6.45, 7) is 0. The Balaban J connectivity index is 2.66. The molecule has 0 bridgehead atoms. The summed E-state index contributed by atoms with van der Waals surface area (Å²) >= 11 is 0. The maximum absolute atomic E-state index is 12.6. The molecule has 4 nitrogen and oxygen atoms in total. The molecule has 0 aliphatic rings. The molecule has 0 amide bonds. The molecule has 1 aromatic carbocycles. The Labute approximate surface area is 112 Å². The summed E-state index contributed by atoms with van der Waals surface area (Å²) in [6.07, 6.45) is -11.2. The molecule has 114 valence electrons. The van der Waals surface area contributed by atoms with Crippen LogP contribution in [0.1, 0.15) is 22.1 Å². The first-order valence-electron chi connectivity index (χ1n) is 5.37. The number of imidazole rings is 1. The number of rotatable bonds is 2. The fourth-order valence-corrected chi connectivity index (χ4v) is 1.86. The summed E-state index contributed by atoms with van der Waals surface area (Å²) < 4.78 is 75.6. The summed E-state index contributed by atoms with van der Waals surface area (Å²) in [4.78, 5) is 16.0. The third-order valence-electron chi connectivity index (χ3n) is 2.69. The summed E-state index contributed by atoms with van der Waals surface area (Å²) in [7, 11) is 0. The number of hydrogen-bond acceptors (Lipinski definition) is 2. The monoisotopic (exact) mass is 312 g/mol. The van der Waals surface area contributed by atoms with Crippen molar-refractivity contribution in [3.63, 3.8) is 0 Å². The van der Waals surface area contributed by atoms with Gasteiger partial charge >= 0.3 is 18.3 Å². The molecule has 2 rings (SSSR count). The zero-order chi connectivity index (χ0) is 16.0. The van der Waals surface area contributed by atoms with Gasteiger partial charge in [0.2, 0.25) is 5.92 Å². The van der Waals surface area contributed by atoms with Crippen LogP contribution in [0.3, 0.4) is 0 Å². The SMILES string of the molecule is O=C(O)c1cccc2[nH]c(C(C(F)(F)F)C(F)(F)F)nc12. The van der Waals surface area contributed by atoms with Crippen molar-refractivity contribution in [1.82, 2.24) is 9.97 Å². The number of nitrogens with one attached hydrogen (secondary N) is 1. The van der Waals surface area contributed by atoms with Crippen molar-refractivity contribution in [2.24, 2.45) is 0 Å². The third kappa shape index (κ3) is 2.78. The van der Waals surface area contributed by atoms with Crippen molar-refractivity contribution < 1.29 is 36.2 Å². The lowest BCUT2D eigenvalue weighted by molar-refractivity contribution is -0.255. The number of halogens is 6. The van der Waals surface area contributed by atoms with Gasteiger partial charge in [0.05, 0.1) is 11.1 Å². The standard InChI is InChI=1S/C11H6F6N2O2/c12-10(13,14)7(11(15,16)17)8-18-5-3-1-2-4(9(20)21)6(5)19-8/h1-3,7H,(H,18,19)(H,20,21). The second-order valence-electron chi connectivity index (χ2n) is 4.15. The second kappa shape index (κ2) is 4.64. The molecule has 0 aliphatic carbocycles. The summed E-state index contributed by atoms with van der Waals surface area (Å²) in [5, 5.41) is 8.85. The van der Waals surface area contributed by atoms with Gasteiger partial charge in [0, 0.05) is 0 Å². The van der Waals surface area contributed by atoms with Crippen LogP contribution in [0.25, 0.3) is 11.0 Å². The van der Waals surface area contributed by atoms with Crippen molar-refractivity contribution in [2.45, 2.75) is 18.3 Å². The average Bonchev–Trinajstić information content (AvgIpc) is 2.66. The number of carbonyl (C=O) groups is 1. The molecule has 2 N–H and O–H groups in total. The van der Waals surface area contributed by atoms with Gasteiger partial charge in [-0.25, -0.2) is 9.78 Å². The fourth-order valence-electron chi connectivity index (χ4n) is 1.86. The maximum Gasteiger partial charge on any atom is 0.407 e. The zero-order valence-corrected chi connectivity index (χ0v) is 9.88. The average molecular weight is 312 g/mol. The second-order valence-corrected chi connectivity index (χ2v) is 4.15. The van der Waals surface area contributed by atoms with E-state index in [1.54, 1.807) is 0 Å². The van der Waals surface area contributed by atoms with Crippen LogP contribution in [-0.4, -0.2) is 33.4 Å². The number of carboxylic acid groups (broad SMARTS) is 1. The Bertz CT molecular complexity index is 674. The molecule has 0 spiro atoms. The van der Waals surface area contributed by atoms with Gasteiger partial charge in [-0.1, -0.05) is 6.07 Å². The molecule has 2 aromatic rings. The van der Waals surface area contributed by atoms with E-state index in [0.29, 0.717) is 0 Å². The van der Waals surface area contributed by atoms with Gasteiger partial charge in [-0.3, -0.25) is 0 Å². The molecule has 0 unspecified atom stereocenters. The molecule has 1 aromatic heterocycles. The highest BCUT2D eigenvalue weighted by atomic mass is 19.4. The van der Waals surface area contributed by atoms with Crippen LogP contribution in [0.2, 0.25) is 0 Å². The topological polar surface area (TPSA) is 66.0 Å². The smallest absolute Gasteiger partial charge is 0.407 e. The molecule has 0 aliphatic heterocycles. The highest BCUT2D eigenvalue weighted by Crippen LogP contribution is 2.45. The maximum atomic E-state index is 12.6. The Hall–Kier alpha value is -2.26. The van der Waals surface area contributed by atoms with Crippen LogP contribution in [0.5, 0.6) is 0 Å². The van der Waals surface area contributed by atoms with Crippen LogP contribution in [-0.2, 0) is 0 Å². The Morgan fingerprint density at radius 2 is 1.71 bits per heavy atom. The normalized spacial score (nSPS) is 13.1. The first-order chi connectivity index (χ1) is 9.51. The van der Waals surface area contributed by atoms with Gasteiger partial charge in [0.15, 0.2) is 0 Å². The molecule has 0 fully saturated rings. The van der Waals surface area contributed by atoms with Crippen LogP contribution >= 0.6 is 0 Å². The Kier molecular flexibility index (Phi) is 3.34. The van der Waals surface area contributed by atoms with E-state index in [1.165, 1.54) is 6.07 Å². The van der Waals surface area contributed by atoms with E-state index in [9.17, 15) is 31.1 Å². The van der Waals surface area contributed by atoms with E-state index in [0.717, 1.165) is 12.1 Å². The predicted octanol–water partition coefficient (Wildman–Crippen LogP) is 3.47. The number of aromatic nitrogens is 2. The number of benzene rings is 1. The Morgan fingerprint density at radius 3 is 2.19 bits per heavy atom. The van der Waals surface area contributed by atoms with Crippen LogP contribution in [0.15, 0.2) is 18.2 Å². The van der Waals surface area contributed by atoms with E-state index in [4.69, 9.17) is 5.11 Å². The zero-order valence-electron chi connectivity index (χ0n) is 9.88. The van der Waals surface area contributed by atoms with Gasteiger partial charge < -0.3 is 10.1 Å². The first-order valence-corrected chi connectivity index (χ1v) is 5.37. The van der Waals surface area contributed by atoms with Crippen LogP contribution < -0.4 is 0 Å². The molecule has 0 saturated carbocycles.